The average Bonchev–Trinajstić information content (AvgIpc) is 3.52. The van der Waals surface area contributed by atoms with E-state index in [4.69, 9.17) is 32.9 Å². The summed E-state index contributed by atoms with van der Waals surface area (Å²) in [6.45, 7) is 4.57. The smallest absolute Gasteiger partial charge is 0.258 e. The molecule has 0 unspecified atom stereocenters. The number of aromatic nitrogens is 6. The van der Waals surface area contributed by atoms with E-state index in [-0.39, 0.29) is 11.9 Å². The SMILES string of the molecule is C=CCOc1ccc(/N=c2\n(C)c3cc(Cl)c(Cl)cc3n2Cc2ccc(C(=O)Nc3nnn[nH]3)cc2)cc1. The minimum absolute atomic E-state index is 0.174. The number of rotatable bonds is 8. The van der Waals surface area contributed by atoms with Crippen molar-refractivity contribution in [2.45, 2.75) is 6.54 Å². The summed E-state index contributed by atoms with van der Waals surface area (Å²) in [4.78, 5) is 17.4. The third-order valence-corrected chi connectivity index (χ3v) is 6.50. The summed E-state index contributed by atoms with van der Waals surface area (Å²) in [5, 5.41) is 16.6. The lowest BCUT2D eigenvalue weighted by atomic mass is 10.1. The molecule has 2 aromatic heterocycles. The van der Waals surface area contributed by atoms with E-state index in [1.807, 2.05) is 60.1 Å². The summed E-state index contributed by atoms with van der Waals surface area (Å²) in [6.07, 6.45) is 1.69. The monoisotopic (exact) mass is 548 g/mol. The Hall–Kier alpha value is -4.41. The number of carbonyl (C=O) groups is 1. The second-order valence-corrected chi connectivity index (χ2v) is 9.12. The fourth-order valence-electron chi connectivity index (χ4n) is 3.92. The molecule has 2 N–H and O–H groups in total. The van der Waals surface area contributed by atoms with Crippen LogP contribution in [0, 0.1) is 0 Å². The number of ether oxygens (including phenoxy) is 1. The number of amides is 1. The number of hydrogen-bond acceptors (Lipinski definition) is 6. The highest BCUT2D eigenvalue weighted by molar-refractivity contribution is 6.42. The molecule has 0 aliphatic rings. The number of hydrogen-bond donors (Lipinski definition) is 2. The number of anilines is 1. The van der Waals surface area contributed by atoms with Gasteiger partial charge in [-0.05, 0) is 64.5 Å². The van der Waals surface area contributed by atoms with Crippen molar-refractivity contribution in [2.24, 2.45) is 12.0 Å². The maximum absolute atomic E-state index is 12.5. The molecule has 0 saturated carbocycles. The van der Waals surface area contributed by atoms with Crippen LogP contribution in [0.4, 0.5) is 11.6 Å². The van der Waals surface area contributed by atoms with Crippen molar-refractivity contribution in [1.29, 1.82) is 0 Å². The zero-order chi connectivity index (χ0) is 26.6. The van der Waals surface area contributed by atoms with Gasteiger partial charge in [-0.2, -0.15) is 0 Å². The Morgan fingerprint density at radius 1 is 1.11 bits per heavy atom. The fraction of sp³-hybridized carbons (Fsp3) is 0.115. The van der Waals surface area contributed by atoms with Gasteiger partial charge in [0.1, 0.15) is 12.4 Å². The van der Waals surface area contributed by atoms with Crippen molar-refractivity contribution in [3.05, 3.63) is 100 Å². The molecule has 5 rings (SSSR count). The third-order valence-electron chi connectivity index (χ3n) is 5.78. The van der Waals surface area contributed by atoms with Gasteiger partial charge in [-0.3, -0.25) is 10.1 Å². The number of tetrazole rings is 1. The molecule has 0 bridgehead atoms. The molecule has 12 heteroatoms. The molecule has 2 heterocycles. The average molecular weight is 549 g/mol. The first-order valence-electron chi connectivity index (χ1n) is 11.5. The standard InChI is InChI=1S/C26H22Cl2N8O2/c1-3-12-38-19-10-8-18(9-11-19)29-26-35(2)22-13-20(27)21(28)14-23(22)36(26)15-16-4-6-17(7-5-16)24(37)30-25-31-33-34-32-25/h3-11,13-14H,1,12,15H2,2H3,(H2,30,31,32,33,34,37)/b29-26+. The van der Waals surface area contributed by atoms with Crippen LogP contribution in [0.25, 0.3) is 11.0 Å². The van der Waals surface area contributed by atoms with Crippen LogP contribution in [0.2, 0.25) is 10.0 Å². The summed E-state index contributed by atoms with van der Waals surface area (Å²) >= 11 is 12.7. The Kier molecular flexibility index (Phi) is 7.25. The van der Waals surface area contributed by atoms with Crippen LogP contribution in [-0.2, 0) is 13.6 Å². The summed E-state index contributed by atoms with van der Waals surface area (Å²) in [5.74, 6) is 0.578. The van der Waals surface area contributed by atoms with Crippen LogP contribution in [-0.4, -0.2) is 42.3 Å². The number of imidazole rings is 1. The number of carbonyl (C=O) groups excluding carboxylic acids is 1. The number of benzene rings is 3. The van der Waals surface area contributed by atoms with Crippen molar-refractivity contribution in [3.63, 3.8) is 0 Å². The third kappa shape index (κ3) is 5.31. The summed E-state index contributed by atoms with van der Waals surface area (Å²) in [5.41, 5.74) is 4.61. The number of halogens is 2. The molecular formula is C26H22Cl2N8O2. The van der Waals surface area contributed by atoms with Crippen LogP contribution >= 0.6 is 23.2 Å². The number of H-pyrrole nitrogens is 1. The molecule has 0 aliphatic carbocycles. The van der Waals surface area contributed by atoms with Crippen molar-refractivity contribution >= 4 is 51.8 Å². The summed E-state index contributed by atoms with van der Waals surface area (Å²) < 4.78 is 9.59. The first kappa shape index (κ1) is 25.2. The molecule has 0 spiro atoms. The molecule has 5 aromatic rings. The largest absolute Gasteiger partial charge is 0.490 e. The summed E-state index contributed by atoms with van der Waals surface area (Å²) in [6, 6.07) is 18.4. The Labute approximate surface area is 227 Å². The number of aryl methyl sites for hydroxylation is 1. The normalized spacial score (nSPS) is 11.6. The zero-order valence-corrected chi connectivity index (χ0v) is 21.7. The van der Waals surface area contributed by atoms with Gasteiger partial charge < -0.3 is 13.9 Å². The Bertz CT molecular complexity index is 1670. The molecule has 38 heavy (non-hydrogen) atoms. The number of fused-ring (bicyclic) bond motifs is 1. The van der Waals surface area contributed by atoms with E-state index in [1.165, 1.54) is 0 Å². The van der Waals surface area contributed by atoms with E-state index in [0.717, 1.165) is 28.0 Å². The zero-order valence-electron chi connectivity index (χ0n) is 20.2. The van der Waals surface area contributed by atoms with Gasteiger partial charge in [-0.1, -0.05) is 53.1 Å². The molecule has 0 atom stereocenters. The summed E-state index contributed by atoms with van der Waals surface area (Å²) in [7, 11) is 1.93. The predicted molar refractivity (Wildman–Crippen MR) is 146 cm³/mol. The lowest BCUT2D eigenvalue weighted by molar-refractivity contribution is 0.102. The van der Waals surface area contributed by atoms with Crippen molar-refractivity contribution in [3.8, 4) is 5.75 Å². The van der Waals surface area contributed by atoms with Gasteiger partial charge in [-0.25, -0.2) is 10.1 Å². The van der Waals surface area contributed by atoms with Crippen LogP contribution in [0.5, 0.6) is 5.75 Å². The van der Waals surface area contributed by atoms with E-state index >= 15 is 0 Å². The molecule has 0 saturated heterocycles. The Morgan fingerprint density at radius 3 is 2.47 bits per heavy atom. The molecule has 10 nitrogen and oxygen atoms in total. The second-order valence-electron chi connectivity index (χ2n) is 8.31. The van der Waals surface area contributed by atoms with Crippen LogP contribution < -0.4 is 15.7 Å². The minimum atomic E-state index is -0.328. The van der Waals surface area contributed by atoms with Crippen molar-refractivity contribution in [1.82, 2.24) is 29.8 Å². The molecule has 192 valence electrons. The van der Waals surface area contributed by atoms with Crippen molar-refractivity contribution in [2.75, 3.05) is 11.9 Å². The maximum atomic E-state index is 12.5. The first-order chi connectivity index (χ1) is 18.4. The molecular weight excluding hydrogens is 527 g/mol. The highest BCUT2D eigenvalue weighted by Gasteiger charge is 2.14. The lowest BCUT2D eigenvalue weighted by Crippen LogP contribution is -2.24. The molecule has 0 radical (unpaired) electrons. The maximum Gasteiger partial charge on any atom is 0.258 e. The lowest BCUT2D eigenvalue weighted by Gasteiger charge is -2.08. The molecule has 0 fully saturated rings. The topological polar surface area (TPSA) is 115 Å². The van der Waals surface area contributed by atoms with E-state index in [1.54, 1.807) is 18.2 Å². The molecule has 1 amide bonds. The van der Waals surface area contributed by atoms with Gasteiger partial charge in [0.25, 0.3) is 5.91 Å². The van der Waals surface area contributed by atoms with Gasteiger partial charge in [-0.15, -0.1) is 0 Å². The van der Waals surface area contributed by atoms with E-state index in [9.17, 15) is 4.79 Å². The Morgan fingerprint density at radius 2 is 1.82 bits per heavy atom. The Balaban J connectivity index is 1.51. The molecule has 3 aromatic carbocycles. The van der Waals surface area contributed by atoms with Gasteiger partial charge in [0.15, 0.2) is 0 Å². The number of nitrogens with one attached hydrogen (secondary N) is 2. The number of aromatic amines is 1. The van der Waals surface area contributed by atoms with Gasteiger partial charge in [0.05, 0.1) is 33.3 Å². The minimum Gasteiger partial charge on any atom is -0.490 e. The van der Waals surface area contributed by atoms with E-state index < -0.39 is 0 Å². The quantitative estimate of drug-likeness (QED) is 0.267. The highest BCUT2D eigenvalue weighted by Crippen LogP contribution is 2.28. The van der Waals surface area contributed by atoms with Gasteiger partial charge in [0, 0.05) is 12.6 Å². The highest BCUT2D eigenvalue weighted by atomic mass is 35.5. The van der Waals surface area contributed by atoms with Crippen LogP contribution in [0.1, 0.15) is 15.9 Å². The van der Waals surface area contributed by atoms with E-state index in [2.05, 4.69) is 37.1 Å². The van der Waals surface area contributed by atoms with Gasteiger partial charge in [0.2, 0.25) is 11.6 Å². The van der Waals surface area contributed by atoms with Crippen molar-refractivity contribution < 1.29 is 9.53 Å². The predicted octanol–water partition coefficient (Wildman–Crippen LogP) is 4.90. The second kappa shape index (κ2) is 10.9. The van der Waals surface area contributed by atoms with Crippen LogP contribution in [0.3, 0.4) is 0 Å². The van der Waals surface area contributed by atoms with Crippen LogP contribution in [0.15, 0.2) is 78.3 Å². The fourth-order valence-corrected chi connectivity index (χ4v) is 4.24. The number of nitrogens with zero attached hydrogens (tertiary/aromatic N) is 6. The van der Waals surface area contributed by atoms with E-state index in [0.29, 0.717) is 34.4 Å². The first-order valence-corrected chi connectivity index (χ1v) is 12.3. The van der Waals surface area contributed by atoms with Gasteiger partial charge >= 0.3 is 0 Å². The molecule has 0 aliphatic heterocycles.